The van der Waals surface area contributed by atoms with Crippen LogP contribution in [0.15, 0.2) is 11.1 Å². The van der Waals surface area contributed by atoms with Crippen molar-refractivity contribution in [2.45, 2.75) is 19.8 Å². The zero-order valence-electron chi connectivity index (χ0n) is 11.8. The van der Waals surface area contributed by atoms with Gasteiger partial charge >= 0.3 is 0 Å². The number of nitrogens with zero attached hydrogens (tertiary/aromatic N) is 4. The molecular formula is C13H17N5O2. The predicted octanol–water partition coefficient (Wildman–Crippen LogP) is 0.864. The van der Waals surface area contributed by atoms with Gasteiger partial charge in [-0.05, 0) is 31.4 Å². The SMILES string of the molecule is Cc1cc(NC(=O)C2CC2)nnc1C(=O)N=CN(C)C. The van der Waals surface area contributed by atoms with Crippen LogP contribution in [0.5, 0.6) is 0 Å². The van der Waals surface area contributed by atoms with Gasteiger partial charge in [0.1, 0.15) is 0 Å². The van der Waals surface area contributed by atoms with Crippen LogP contribution >= 0.6 is 0 Å². The van der Waals surface area contributed by atoms with Gasteiger partial charge in [-0.1, -0.05) is 0 Å². The maximum Gasteiger partial charge on any atom is 0.299 e. The van der Waals surface area contributed by atoms with E-state index in [0.717, 1.165) is 12.8 Å². The summed E-state index contributed by atoms with van der Waals surface area (Å²) >= 11 is 0. The minimum absolute atomic E-state index is 0.0385. The summed E-state index contributed by atoms with van der Waals surface area (Å²) in [5.74, 6) is -0.0252. The molecule has 20 heavy (non-hydrogen) atoms. The third-order valence-electron chi connectivity index (χ3n) is 2.79. The van der Waals surface area contributed by atoms with Crippen molar-refractivity contribution in [2.24, 2.45) is 10.9 Å². The van der Waals surface area contributed by atoms with Crippen LogP contribution in [0.1, 0.15) is 28.9 Å². The van der Waals surface area contributed by atoms with Crippen LogP contribution in [0, 0.1) is 12.8 Å². The summed E-state index contributed by atoms with van der Waals surface area (Å²) in [4.78, 5) is 28.8. The quantitative estimate of drug-likeness (QED) is 0.650. The van der Waals surface area contributed by atoms with Crippen molar-refractivity contribution in [1.29, 1.82) is 0 Å². The fourth-order valence-electron chi connectivity index (χ4n) is 1.56. The van der Waals surface area contributed by atoms with Crippen molar-refractivity contribution < 1.29 is 9.59 Å². The Balaban J connectivity index is 2.08. The number of aliphatic imine (C=N–C) groups is 1. The van der Waals surface area contributed by atoms with Gasteiger partial charge in [-0.25, -0.2) is 0 Å². The molecule has 1 aromatic heterocycles. The molecule has 0 unspecified atom stereocenters. The maximum absolute atomic E-state index is 11.8. The fourth-order valence-corrected chi connectivity index (χ4v) is 1.56. The van der Waals surface area contributed by atoms with Crippen LogP contribution in [0.3, 0.4) is 0 Å². The minimum Gasteiger partial charge on any atom is -0.369 e. The lowest BCUT2D eigenvalue weighted by Crippen LogP contribution is -2.16. The Morgan fingerprint density at radius 3 is 2.65 bits per heavy atom. The molecule has 1 N–H and O–H groups in total. The number of aryl methyl sites for hydroxylation is 1. The lowest BCUT2D eigenvalue weighted by molar-refractivity contribution is -0.117. The number of aromatic nitrogens is 2. The summed E-state index contributed by atoms with van der Waals surface area (Å²) in [7, 11) is 3.54. The third-order valence-corrected chi connectivity index (χ3v) is 2.79. The van der Waals surface area contributed by atoms with Crippen molar-refractivity contribution in [2.75, 3.05) is 19.4 Å². The van der Waals surface area contributed by atoms with E-state index < -0.39 is 5.91 Å². The van der Waals surface area contributed by atoms with Gasteiger partial charge in [0.05, 0.1) is 6.34 Å². The van der Waals surface area contributed by atoms with Gasteiger partial charge in [0.15, 0.2) is 11.5 Å². The molecule has 1 saturated carbocycles. The van der Waals surface area contributed by atoms with Crippen LogP contribution in [0.25, 0.3) is 0 Å². The molecule has 1 aliphatic carbocycles. The van der Waals surface area contributed by atoms with Crippen molar-refractivity contribution in [1.82, 2.24) is 15.1 Å². The number of rotatable bonds is 4. The van der Waals surface area contributed by atoms with E-state index in [0.29, 0.717) is 11.4 Å². The van der Waals surface area contributed by atoms with Gasteiger partial charge in [0, 0.05) is 20.0 Å². The van der Waals surface area contributed by atoms with Crippen LogP contribution in [0.2, 0.25) is 0 Å². The number of carbonyl (C=O) groups excluding carboxylic acids is 2. The van der Waals surface area contributed by atoms with Crippen molar-refractivity contribution in [3.8, 4) is 0 Å². The molecular weight excluding hydrogens is 258 g/mol. The number of carbonyl (C=O) groups is 2. The zero-order valence-corrected chi connectivity index (χ0v) is 11.8. The topological polar surface area (TPSA) is 87.5 Å². The molecule has 1 aromatic rings. The van der Waals surface area contributed by atoms with Gasteiger partial charge in [0.2, 0.25) is 5.91 Å². The van der Waals surface area contributed by atoms with Crippen LogP contribution in [-0.4, -0.2) is 47.3 Å². The molecule has 0 radical (unpaired) electrons. The van der Waals surface area contributed by atoms with Crippen LogP contribution in [0.4, 0.5) is 5.82 Å². The van der Waals surface area contributed by atoms with E-state index >= 15 is 0 Å². The first kappa shape index (κ1) is 14.1. The van der Waals surface area contributed by atoms with E-state index in [1.165, 1.54) is 6.34 Å². The van der Waals surface area contributed by atoms with E-state index in [2.05, 4.69) is 20.5 Å². The number of hydrogen-bond acceptors (Lipinski definition) is 4. The predicted molar refractivity (Wildman–Crippen MR) is 74.6 cm³/mol. The first-order valence-electron chi connectivity index (χ1n) is 6.37. The summed E-state index contributed by atoms with van der Waals surface area (Å²) in [5, 5.41) is 10.4. The molecule has 1 aliphatic rings. The molecule has 0 bridgehead atoms. The molecule has 1 fully saturated rings. The van der Waals surface area contributed by atoms with E-state index in [4.69, 9.17) is 0 Å². The third kappa shape index (κ3) is 3.59. The highest BCUT2D eigenvalue weighted by atomic mass is 16.2. The Morgan fingerprint density at radius 2 is 2.10 bits per heavy atom. The van der Waals surface area contributed by atoms with Gasteiger partial charge in [-0.3, -0.25) is 9.59 Å². The van der Waals surface area contributed by atoms with Crippen LogP contribution in [-0.2, 0) is 4.79 Å². The summed E-state index contributed by atoms with van der Waals surface area (Å²) in [6.07, 6.45) is 3.26. The highest BCUT2D eigenvalue weighted by Gasteiger charge is 2.30. The Morgan fingerprint density at radius 1 is 1.40 bits per heavy atom. The Bertz CT molecular complexity index is 564. The van der Waals surface area contributed by atoms with Crippen molar-refractivity contribution >= 4 is 24.0 Å². The molecule has 2 rings (SSSR count). The van der Waals surface area contributed by atoms with E-state index in [1.807, 2.05) is 0 Å². The molecule has 7 nitrogen and oxygen atoms in total. The first-order valence-corrected chi connectivity index (χ1v) is 6.37. The highest BCUT2D eigenvalue weighted by molar-refractivity contribution is 5.98. The summed E-state index contributed by atoms with van der Waals surface area (Å²) < 4.78 is 0. The molecule has 2 amide bonds. The normalized spacial score (nSPS) is 14.3. The van der Waals surface area contributed by atoms with E-state index in [9.17, 15) is 9.59 Å². The summed E-state index contributed by atoms with van der Waals surface area (Å²) in [6, 6.07) is 1.63. The Kier molecular flexibility index (Phi) is 4.07. The number of hydrogen-bond donors (Lipinski definition) is 1. The highest BCUT2D eigenvalue weighted by Crippen LogP contribution is 2.29. The van der Waals surface area contributed by atoms with Gasteiger partial charge in [-0.2, -0.15) is 4.99 Å². The first-order chi connectivity index (χ1) is 9.47. The summed E-state index contributed by atoms with van der Waals surface area (Å²) in [5.41, 5.74) is 0.819. The van der Waals surface area contributed by atoms with Crippen molar-refractivity contribution in [3.63, 3.8) is 0 Å². The van der Waals surface area contributed by atoms with Gasteiger partial charge in [-0.15, -0.1) is 10.2 Å². The average molecular weight is 275 g/mol. The molecule has 0 aromatic carbocycles. The van der Waals surface area contributed by atoms with Crippen LogP contribution < -0.4 is 5.32 Å². The lowest BCUT2D eigenvalue weighted by Gasteiger charge is -2.06. The van der Waals surface area contributed by atoms with Crippen molar-refractivity contribution in [3.05, 3.63) is 17.3 Å². The fraction of sp³-hybridized carbons (Fsp3) is 0.462. The Labute approximate surface area is 117 Å². The number of nitrogens with one attached hydrogen (secondary N) is 1. The zero-order chi connectivity index (χ0) is 14.7. The van der Waals surface area contributed by atoms with Gasteiger partial charge in [0.25, 0.3) is 5.91 Å². The maximum atomic E-state index is 11.8. The molecule has 7 heteroatoms. The standard InChI is InChI=1S/C13H17N5O2/c1-8-6-10(15-12(19)9-4-5-9)16-17-11(8)13(20)14-7-18(2)3/h6-7,9H,4-5H2,1-3H3,(H,15,16,19). The minimum atomic E-state index is -0.455. The average Bonchev–Trinajstić information content (AvgIpc) is 3.20. The second-order valence-corrected chi connectivity index (χ2v) is 5.04. The van der Waals surface area contributed by atoms with E-state index in [-0.39, 0.29) is 17.5 Å². The smallest absolute Gasteiger partial charge is 0.299 e. The lowest BCUT2D eigenvalue weighted by atomic mass is 10.2. The molecule has 0 spiro atoms. The second kappa shape index (κ2) is 5.77. The number of amides is 2. The largest absolute Gasteiger partial charge is 0.369 e. The second-order valence-electron chi connectivity index (χ2n) is 5.04. The molecule has 0 aliphatic heterocycles. The monoisotopic (exact) mass is 275 g/mol. The Hall–Kier alpha value is -2.31. The van der Waals surface area contributed by atoms with Gasteiger partial charge < -0.3 is 10.2 Å². The molecule has 106 valence electrons. The molecule has 0 saturated heterocycles. The summed E-state index contributed by atoms with van der Waals surface area (Å²) in [6.45, 7) is 1.74. The molecule has 1 heterocycles. The van der Waals surface area contributed by atoms with E-state index in [1.54, 1.807) is 32.0 Å². The number of anilines is 1. The molecule has 0 atom stereocenters.